The lowest BCUT2D eigenvalue weighted by atomic mass is 10.4. The number of thiophene rings is 1. The molecule has 0 unspecified atom stereocenters. The number of carbonyl (C=O) groups is 2. The van der Waals surface area contributed by atoms with Crippen molar-refractivity contribution in [3.05, 3.63) is 19.2 Å². The summed E-state index contributed by atoms with van der Waals surface area (Å²) in [5.74, 6) is -0.338. The van der Waals surface area contributed by atoms with E-state index in [1.807, 2.05) is 6.92 Å². The van der Waals surface area contributed by atoms with Crippen molar-refractivity contribution in [1.82, 2.24) is 10.2 Å². The Labute approximate surface area is 121 Å². The van der Waals surface area contributed by atoms with Crippen LogP contribution >= 0.6 is 43.2 Å². The van der Waals surface area contributed by atoms with Crippen LogP contribution in [0.5, 0.6) is 0 Å². The van der Waals surface area contributed by atoms with Crippen LogP contribution in [-0.2, 0) is 4.79 Å². The van der Waals surface area contributed by atoms with E-state index >= 15 is 0 Å². The highest BCUT2D eigenvalue weighted by Crippen LogP contribution is 2.32. The lowest BCUT2D eigenvalue weighted by Crippen LogP contribution is -2.37. The molecule has 94 valence electrons. The van der Waals surface area contributed by atoms with Crippen molar-refractivity contribution in [2.45, 2.75) is 6.92 Å². The number of hydrogen-bond acceptors (Lipinski definition) is 3. The molecule has 1 aromatic rings. The van der Waals surface area contributed by atoms with Crippen molar-refractivity contribution in [1.29, 1.82) is 0 Å². The van der Waals surface area contributed by atoms with E-state index in [0.717, 1.165) is 8.26 Å². The molecule has 0 aromatic carbocycles. The minimum Gasteiger partial charge on any atom is -0.345 e. The van der Waals surface area contributed by atoms with Crippen LogP contribution < -0.4 is 5.32 Å². The van der Waals surface area contributed by atoms with E-state index in [9.17, 15) is 9.59 Å². The zero-order chi connectivity index (χ0) is 13.0. The van der Waals surface area contributed by atoms with Crippen LogP contribution in [0.1, 0.15) is 16.6 Å². The SMILES string of the molecule is CCN(C)C(=O)CNC(=O)c1cc(Br)c(Br)s1. The smallest absolute Gasteiger partial charge is 0.261 e. The predicted octanol–water partition coefficient (Wildman–Crippen LogP) is 2.48. The molecule has 1 aromatic heterocycles. The minimum atomic E-state index is -0.237. The number of nitrogens with one attached hydrogen (secondary N) is 1. The minimum absolute atomic E-state index is 0.0241. The normalized spacial score (nSPS) is 10.1. The van der Waals surface area contributed by atoms with Gasteiger partial charge in [-0.15, -0.1) is 11.3 Å². The van der Waals surface area contributed by atoms with Crippen molar-refractivity contribution in [3.63, 3.8) is 0 Å². The van der Waals surface area contributed by atoms with Gasteiger partial charge in [-0.2, -0.15) is 0 Å². The molecule has 0 saturated carbocycles. The number of likely N-dealkylation sites (N-methyl/N-ethyl adjacent to an activating group) is 1. The third-order valence-electron chi connectivity index (χ3n) is 2.17. The van der Waals surface area contributed by atoms with Crippen molar-refractivity contribution in [2.24, 2.45) is 0 Å². The van der Waals surface area contributed by atoms with E-state index in [0.29, 0.717) is 11.4 Å². The Hall–Kier alpha value is -0.400. The van der Waals surface area contributed by atoms with Crippen LogP contribution in [0, 0.1) is 0 Å². The van der Waals surface area contributed by atoms with Crippen LogP contribution in [-0.4, -0.2) is 36.9 Å². The summed E-state index contributed by atoms with van der Waals surface area (Å²) in [5.41, 5.74) is 0. The Kier molecular flexibility index (Phi) is 5.61. The maximum absolute atomic E-state index is 11.7. The Balaban J connectivity index is 2.53. The van der Waals surface area contributed by atoms with Crippen molar-refractivity contribution in [3.8, 4) is 0 Å². The zero-order valence-corrected chi connectivity index (χ0v) is 13.4. The number of nitrogens with zero attached hydrogens (tertiary/aromatic N) is 1. The molecular formula is C10H12Br2N2O2S. The quantitative estimate of drug-likeness (QED) is 0.868. The molecule has 0 bridgehead atoms. The molecule has 1 rings (SSSR count). The molecule has 0 aliphatic heterocycles. The molecule has 7 heteroatoms. The predicted molar refractivity (Wildman–Crippen MR) is 75.4 cm³/mol. The first kappa shape index (κ1) is 14.7. The summed E-state index contributed by atoms with van der Waals surface area (Å²) in [6.45, 7) is 2.54. The first-order valence-corrected chi connectivity index (χ1v) is 7.33. The van der Waals surface area contributed by atoms with E-state index in [-0.39, 0.29) is 18.4 Å². The fourth-order valence-corrected chi connectivity index (χ4v) is 2.96. The molecule has 1 heterocycles. The Morgan fingerprint density at radius 3 is 2.59 bits per heavy atom. The van der Waals surface area contributed by atoms with E-state index in [4.69, 9.17) is 0 Å². The summed E-state index contributed by atoms with van der Waals surface area (Å²) in [5, 5.41) is 2.59. The van der Waals surface area contributed by atoms with Gasteiger partial charge in [-0.3, -0.25) is 9.59 Å². The van der Waals surface area contributed by atoms with Crippen LogP contribution in [0.2, 0.25) is 0 Å². The summed E-state index contributed by atoms with van der Waals surface area (Å²) in [7, 11) is 1.70. The second-order valence-corrected chi connectivity index (χ2v) is 6.55. The molecular weight excluding hydrogens is 372 g/mol. The second-order valence-electron chi connectivity index (χ2n) is 3.32. The molecule has 0 radical (unpaired) electrons. The highest BCUT2D eigenvalue weighted by Gasteiger charge is 2.14. The van der Waals surface area contributed by atoms with Gasteiger partial charge in [0.25, 0.3) is 5.91 Å². The van der Waals surface area contributed by atoms with Crippen LogP contribution in [0.4, 0.5) is 0 Å². The number of carbonyl (C=O) groups excluding carboxylic acids is 2. The lowest BCUT2D eigenvalue weighted by Gasteiger charge is -2.14. The first-order valence-electron chi connectivity index (χ1n) is 4.92. The highest BCUT2D eigenvalue weighted by atomic mass is 79.9. The topological polar surface area (TPSA) is 49.4 Å². The fourth-order valence-electron chi connectivity index (χ4n) is 1.01. The summed E-state index contributed by atoms with van der Waals surface area (Å²) < 4.78 is 1.70. The molecule has 0 aliphatic rings. The number of rotatable bonds is 4. The largest absolute Gasteiger partial charge is 0.345 e. The molecule has 1 N–H and O–H groups in total. The summed E-state index contributed by atoms with van der Waals surface area (Å²) in [6, 6.07) is 1.72. The number of hydrogen-bond donors (Lipinski definition) is 1. The standard InChI is InChI=1S/C10H12Br2N2O2S/c1-3-14(2)8(15)5-13-10(16)7-4-6(11)9(12)17-7/h4H,3,5H2,1-2H3,(H,13,16). The van der Waals surface area contributed by atoms with E-state index in [1.165, 1.54) is 11.3 Å². The third kappa shape index (κ3) is 4.08. The molecule has 0 spiro atoms. The summed E-state index contributed by atoms with van der Waals surface area (Å²) in [6.07, 6.45) is 0. The van der Waals surface area contributed by atoms with Crippen LogP contribution in [0.3, 0.4) is 0 Å². The monoisotopic (exact) mass is 382 g/mol. The van der Waals surface area contributed by atoms with E-state index < -0.39 is 0 Å². The van der Waals surface area contributed by atoms with Crippen molar-refractivity contribution < 1.29 is 9.59 Å². The van der Waals surface area contributed by atoms with E-state index in [1.54, 1.807) is 18.0 Å². The van der Waals surface area contributed by atoms with Gasteiger partial charge in [-0.1, -0.05) is 0 Å². The average molecular weight is 384 g/mol. The van der Waals surface area contributed by atoms with Gasteiger partial charge in [0.1, 0.15) is 0 Å². The maximum Gasteiger partial charge on any atom is 0.261 e. The van der Waals surface area contributed by atoms with Gasteiger partial charge in [-0.25, -0.2) is 0 Å². The van der Waals surface area contributed by atoms with Gasteiger partial charge in [0.2, 0.25) is 5.91 Å². The van der Waals surface area contributed by atoms with Crippen molar-refractivity contribution in [2.75, 3.05) is 20.1 Å². The van der Waals surface area contributed by atoms with E-state index in [2.05, 4.69) is 37.2 Å². The lowest BCUT2D eigenvalue weighted by molar-refractivity contribution is -0.128. The molecule has 0 atom stereocenters. The summed E-state index contributed by atoms with van der Waals surface area (Å²) >= 11 is 7.94. The van der Waals surface area contributed by atoms with Crippen LogP contribution in [0.15, 0.2) is 14.3 Å². The molecule has 0 saturated heterocycles. The molecule has 0 fully saturated rings. The van der Waals surface area contributed by atoms with Crippen LogP contribution in [0.25, 0.3) is 0 Å². The third-order valence-corrected chi connectivity index (χ3v) is 5.42. The zero-order valence-electron chi connectivity index (χ0n) is 9.42. The van der Waals surface area contributed by atoms with Gasteiger partial charge in [-0.05, 0) is 44.8 Å². The van der Waals surface area contributed by atoms with Crippen molar-refractivity contribution >= 4 is 55.0 Å². The van der Waals surface area contributed by atoms with Gasteiger partial charge < -0.3 is 10.2 Å². The number of halogens is 2. The Bertz CT molecular complexity index is 414. The maximum atomic E-state index is 11.7. The fraction of sp³-hybridized carbons (Fsp3) is 0.400. The van der Waals surface area contributed by atoms with Gasteiger partial charge in [0.15, 0.2) is 0 Å². The summed E-state index contributed by atoms with van der Waals surface area (Å²) in [4.78, 5) is 25.3. The van der Waals surface area contributed by atoms with Gasteiger partial charge in [0, 0.05) is 18.1 Å². The first-order chi connectivity index (χ1) is 7.95. The van der Waals surface area contributed by atoms with Gasteiger partial charge >= 0.3 is 0 Å². The average Bonchev–Trinajstić information content (AvgIpc) is 2.65. The molecule has 0 aliphatic carbocycles. The molecule has 17 heavy (non-hydrogen) atoms. The van der Waals surface area contributed by atoms with Gasteiger partial charge in [0.05, 0.1) is 15.2 Å². The second kappa shape index (κ2) is 6.51. The molecule has 2 amide bonds. The molecule has 4 nitrogen and oxygen atoms in total. The Morgan fingerprint density at radius 1 is 1.47 bits per heavy atom. The highest BCUT2D eigenvalue weighted by molar-refractivity contribution is 9.13. The Morgan fingerprint density at radius 2 is 2.12 bits per heavy atom. The number of amides is 2.